The molecule has 24 heavy (non-hydrogen) atoms. The average molecular weight is 350 g/mol. The van der Waals surface area contributed by atoms with E-state index in [0.29, 0.717) is 0 Å². The van der Waals surface area contributed by atoms with Gasteiger partial charge < -0.3 is 9.64 Å². The van der Waals surface area contributed by atoms with Crippen LogP contribution in [0.1, 0.15) is 36.8 Å². The molecule has 5 nitrogen and oxygen atoms in total. The van der Waals surface area contributed by atoms with Gasteiger partial charge in [-0.1, -0.05) is 12.1 Å². The Balaban J connectivity index is 1.23. The second kappa shape index (κ2) is 6.65. The van der Waals surface area contributed by atoms with Crippen molar-refractivity contribution in [3.8, 4) is 5.75 Å². The van der Waals surface area contributed by atoms with E-state index in [-0.39, 0.29) is 11.3 Å². The number of benzene rings is 1. The maximum absolute atomic E-state index is 12.0. The standard InChI is InChI=1S/C18H26N2O3S/c21-24(22,17-2-3-17)19-16-6-10-20(11-7-16)9-5-14-1-4-18-15(13-14)8-12-23-18/h1,4,13,16-17,19H,2-3,5-12H2. The van der Waals surface area contributed by atoms with Crippen molar-refractivity contribution in [2.75, 3.05) is 26.2 Å². The van der Waals surface area contributed by atoms with Crippen molar-refractivity contribution in [2.45, 2.75) is 49.8 Å². The second-order valence-corrected chi connectivity index (χ2v) is 9.26. The van der Waals surface area contributed by atoms with Crippen LogP contribution in [0, 0.1) is 0 Å². The van der Waals surface area contributed by atoms with Gasteiger partial charge in [-0.05, 0) is 62.4 Å². The monoisotopic (exact) mass is 350 g/mol. The lowest BCUT2D eigenvalue weighted by atomic mass is 10.0. The van der Waals surface area contributed by atoms with Crippen LogP contribution in [0.5, 0.6) is 5.75 Å². The number of hydrogen-bond donors (Lipinski definition) is 1. The second-order valence-electron chi connectivity index (χ2n) is 7.27. The first-order chi connectivity index (χ1) is 11.6. The third kappa shape index (κ3) is 3.76. The Bertz CT molecular complexity index is 692. The lowest BCUT2D eigenvalue weighted by Crippen LogP contribution is -2.45. The van der Waals surface area contributed by atoms with Gasteiger partial charge in [0.15, 0.2) is 0 Å². The minimum atomic E-state index is -3.05. The van der Waals surface area contributed by atoms with Crippen LogP contribution in [-0.4, -0.2) is 50.9 Å². The summed E-state index contributed by atoms with van der Waals surface area (Å²) in [4.78, 5) is 2.45. The molecule has 1 aromatic rings. The zero-order chi connectivity index (χ0) is 16.6. The zero-order valence-corrected chi connectivity index (χ0v) is 14.9. The maximum atomic E-state index is 12.0. The van der Waals surface area contributed by atoms with Crippen molar-refractivity contribution in [3.05, 3.63) is 29.3 Å². The molecule has 0 bridgehead atoms. The molecule has 2 aliphatic heterocycles. The largest absolute Gasteiger partial charge is 0.493 e. The lowest BCUT2D eigenvalue weighted by molar-refractivity contribution is 0.209. The van der Waals surface area contributed by atoms with Gasteiger partial charge in [0.1, 0.15) is 5.75 Å². The first kappa shape index (κ1) is 16.4. The van der Waals surface area contributed by atoms with Crippen LogP contribution in [0.3, 0.4) is 0 Å². The maximum Gasteiger partial charge on any atom is 0.214 e. The summed E-state index contributed by atoms with van der Waals surface area (Å²) in [6.45, 7) is 3.81. The normalized spacial score (nSPS) is 22.3. The number of piperidine rings is 1. The predicted octanol–water partition coefficient (Wildman–Crippen LogP) is 1.71. The van der Waals surface area contributed by atoms with Crippen LogP contribution in [0.4, 0.5) is 0 Å². The molecule has 2 heterocycles. The van der Waals surface area contributed by atoms with Crippen LogP contribution >= 0.6 is 0 Å². The van der Waals surface area contributed by atoms with E-state index in [9.17, 15) is 8.42 Å². The van der Waals surface area contributed by atoms with Gasteiger partial charge in [0.25, 0.3) is 0 Å². The molecule has 0 amide bonds. The lowest BCUT2D eigenvalue weighted by Gasteiger charge is -2.32. The molecule has 6 heteroatoms. The minimum absolute atomic E-state index is 0.112. The Morgan fingerprint density at radius 3 is 2.71 bits per heavy atom. The molecule has 0 aromatic heterocycles. The fourth-order valence-electron chi connectivity index (χ4n) is 3.66. The molecule has 3 aliphatic rings. The number of ether oxygens (including phenoxy) is 1. The molecule has 1 N–H and O–H groups in total. The van der Waals surface area contributed by atoms with E-state index >= 15 is 0 Å². The van der Waals surface area contributed by atoms with Gasteiger partial charge in [-0.2, -0.15) is 0 Å². The summed E-state index contributed by atoms with van der Waals surface area (Å²) in [6.07, 6.45) is 5.58. The van der Waals surface area contributed by atoms with Crippen molar-refractivity contribution in [2.24, 2.45) is 0 Å². The molecular weight excluding hydrogens is 324 g/mol. The zero-order valence-electron chi connectivity index (χ0n) is 14.0. The van der Waals surface area contributed by atoms with Gasteiger partial charge in [0.2, 0.25) is 10.0 Å². The Morgan fingerprint density at radius 2 is 1.96 bits per heavy atom. The SMILES string of the molecule is O=S(=O)(NC1CCN(CCc2ccc3c(c2)CCO3)CC1)C1CC1. The van der Waals surface area contributed by atoms with Crippen LogP contribution in [-0.2, 0) is 22.9 Å². The summed E-state index contributed by atoms with van der Waals surface area (Å²) in [5, 5.41) is -0.112. The summed E-state index contributed by atoms with van der Waals surface area (Å²) < 4.78 is 32.5. The Kier molecular flexibility index (Phi) is 4.54. The quantitative estimate of drug-likeness (QED) is 0.849. The molecule has 0 radical (unpaired) electrons. The summed E-state index contributed by atoms with van der Waals surface area (Å²) in [5.41, 5.74) is 2.71. The number of fused-ring (bicyclic) bond motifs is 1. The van der Waals surface area contributed by atoms with E-state index in [4.69, 9.17) is 4.74 Å². The predicted molar refractivity (Wildman–Crippen MR) is 93.9 cm³/mol. The van der Waals surface area contributed by atoms with Gasteiger partial charge in [0.05, 0.1) is 11.9 Å². The molecule has 0 atom stereocenters. The third-order valence-electron chi connectivity index (χ3n) is 5.35. The van der Waals surface area contributed by atoms with Crippen LogP contribution in [0.25, 0.3) is 0 Å². The van der Waals surface area contributed by atoms with E-state index < -0.39 is 10.0 Å². The highest BCUT2D eigenvalue weighted by atomic mass is 32.2. The molecule has 1 saturated carbocycles. The number of nitrogens with one attached hydrogen (secondary N) is 1. The number of nitrogens with zero attached hydrogens (tertiary/aromatic N) is 1. The van der Waals surface area contributed by atoms with Crippen LogP contribution < -0.4 is 9.46 Å². The minimum Gasteiger partial charge on any atom is -0.493 e. The van der Waals surface area contributed by atoms with Gasteiger partial charge in [-0.15, -0.1) is 0 Å². The molecule has 0 spiro atoms. The number of hydrogen-bond acceptors (Lipinski definition) is 4. The third-order valence-corrected chi connectivity index (χ3v) is 7.36. The summed E-state index contributed by atoms with van der Waals surface area (Å²) in [6, 6.07) is 6.67. The Morgan fingerprint density at radius 1 is 1.17 bits per heavy atom. The van der Waals surface area contributed by atoms with Gasteiger partial charge in [-0.25, -0.2) is 13.1 Å². The highest BCUT2D eigenvalue weighted by Crippen LogP contribution is 2.28. The smallest absolute Gasteiger partial charge is 0.214 e. The summed E-state index contributed by atoms with van der Waals surface area (Å²) in [7, 11) is -3.05. The number of sulfonamides is 1. The van der Waals surface area contributed by atoms with Gasteiger partial charge >= 0.3 is 0 Å². The number of likely N-dealkylation sites (tertiary alicyclic amines) is 1. The highest BCUT2D eigenvalue weighted by Gasteiger charge is 2.37. The average Bonchev–Trinajstić information content (AvgIpc) is 3.34. The first-order valence-corrected chi connectivity index (χ1v) is 10.6. The van der Waals surface area contributed by atoms with Crippen molar-refractivity contribution in [1.82, 2.24) is 9.62 Å². The van der Waals surface area contributed by atoms with Crippen LogP contribution in [0.2, 0.25) is 0 Å². The van der Waals surface area contributed by atoms with Crippen molar-refractivity contribution < 1.29 is 13.2 Å². The molecular formula is C18H26N2O3S. The molecule has 1 saturated heterocycles. The Hall–Kier alpha value is -1.11. The van der Waals surface area contributed by atoms with E-state index in [0.717, 1.165) is 70.5 Å². The van der Waals surface area contributed by atoms with Gasteiger partial charge in [0, 0.05) is 19.0 Å². The fourth-order valence-corrected chi connectivity index (χ4v) is 5.31. The molecule has 4 rings (SSSR count). The van der Waals surface area contributed by atoms with Crippen molar-refractivity contribution in [3.63, 3.8) is 0 Å². The van der Waals surface area contributed by atoms with Crippen molar-refractivity contribution >= 4 is 10.0 Å². The molecule has 132 valence electrons. The molecule has 2 fully saturated rings. The summed E-state index contributed by atoms with van der Waals surface area (Å²) in [5.74, 6) is 1.04. The van der Waals surface area contributed by atoms with E-state index in [1.165, 1.54) is 11.1 Å². The van der Waals surface area contributed by atoms with Gasteiger partial charge in [-0.3, -0.25) is 0 Å². The topological polar surface area (TPSA) is 58.6 Å². The van der Waals surface area contributed by atoms with Crippen molar-refractivity contribution in [1.29, 1.82) is 0 Å². The first-order valence-electron chi connectivity index (χ1n) is 9.08. The molecule has 1 aromatic carbocycles. The summed E-state index contributed by atoms with van der Waals surface area (Å²) >= 11 is 0. The van der Waals surface area contributed by atoms with E-state index in [1.807, 2.05) is 0 Å². The van der Waals surface area contributed by atoms with Crippen LogP contribution in [0.15, 0.2) is 18.2 Å². The van der Waals surface area contributed by atoms with E-state index in [1.54, 1.807) is 0 Å². The molecule has 0 unspecified atom stereocenters. The van der Waals surface area contributed by atoms with E-state index in [2.05, 4.69) is 27.8 Å². The highest BCUT2D eigenvalue weighted by molar-refractivity contribution is 7.90. The Labute approximate surface area is 144 Å². The number of rotatable bonds is 6. The fraction of sp³-hybridized carbons (Fsp3) is 0.667. The molecule has 1 aliphatic carbocycles.